The van der Waals surface area contributed by atoms with Crippen LogP contribution in [0.4, 0.5) is 0 Å². The van der Waals surface area contributed by atoms with Crippen molar-refractivity contribution < 1.29 is 4.74 Å². The standard InChI is InChI=1S/C16H18O/c1-11-5-6-16(14(4)8-11)17-15-9-12(2)7-13(3)10-15/h5-10H,1-4H3. The summed E-state index contributed by atoms with van der Waals surface area (Å²) >= 11 is 0. The monoisotopic (exact) mass is 226 g/mol. The lowest BCUT2D eigenvalue weighted by atomic mass is 10.1. The molecule has 0 atom stereocenters. The fourth-order valence-electron chi connectivity index (χ4n) is 2.03. The van der Waals surface area contributed by atoms with Crippen LogP contribution in [0.5, 0.6) is 11.5 Å². The van der Waals surface area contributed by atoms with Crippen LogP contribution in [0.1, 0.15) is 22.3 Å². The van der Waals surface area contributed by atoms with Crippen LogP contribution in [-0.4, -0.2) is 0 Å². The van der Waals surface area contributed by atoms with Crippen LogP contribution >= 0.6 is 0 Å². The summed E-state index contributed by atoms with van der Waals surface area (Å²) in [5.41, 5.74) is 4.88. The van der Waals surface area contributed by atoms with E-state index in [2.05, 4.69) is 58.0 Å². The summed E-state index contributed by atoms with van der Waals surface area (Å²) in [6, 6.07) is 12.5. The second-order valence-corrected chi connectivity index (χ2v) is 4.69. The Bertz CT molecular complexity index is 521. The van der Waals surface area contributed by atoms with Crippen LogP contribution < -0.4 is 4.74 Å². The molecule has 0 bridgehead atoms. The minimum Gasteiger partial charge on any atom is -0.457 e. The third-order valence-corrected chi connectivity index (χ3v) is 2.75. The maximum absolute atomic E-state index is 5.93. The van der Waals surface area contributed by atoms with Gasteiger partial charge in [0.2, 0.25) is 0 Å². The Kier molecular flexibility index (Phi) is 3.19. The van der Waals surface area contributed by atoms with Crippen molar-refractivity contribution in [3.63, 3.8) is 0 Å². The summed E-state index contributed by atoms with van der Waals surface area (Å²) in [6.07, 6.45) is 0. The third kappa shape index (κ3) is 2.88. The first-order valence-corrected chi connectivity index (χ1v) is 5.88. The first-order valence-electron chi connectivity index (χ1n) is 5.88. The molecule has 0 saturated heterocycles. The number of ether oxygens (including phenoxy) is 1. The van der Waals surface area contributed by atoms with E-state index in [0.717, 1.165) is 11.5 Å². The van der Waals surface area contributed by atoms with Gasteiger partial charge in [-0.25, -0.2) is 0 Å². The minimum atomic E-state index is 0.912. The Morgan fingerprint density at radius 3 is 1.94 bits per heavy atom. The van der Waals surface area contributed by atoms with Gasteiger partial charge in [-0.05, 0) is 62.6 Å². The zero-order chi connectivity index (χ0) is 12.4. The average molecular weight is 226 g/mol. The fraction of sp³-hybridized carbons (Fsp3) is 0.250. The fourth-order valence-corrected chi connectivity index (χ4v) is 2.03. The molecule has 0 saturated carbocycles. The van der Waals surface area contributed by atoms with E-state index in [1.807, 2.05) is 6.07 Å². The van der Waals surface area contributed by atoms with Gasteiger partial charge in [-0.1, -0.05) is 23.8 Å². The molecule has 0 unspecified atom stereocenters. The zero-order valence-corrected chi connectivity index (χ0v) is 10.9. The highest BCUT2D eigenvalue weighted by Crippen LogP contribution is 2.27. The van der Waals surface area contributed by atoms with Gasteiger partial charge in [-0.3, -0.25) is 0 Å². The van der Waals surface area contributed by atoms with E-state index in [-0.39, 0.29) is 0 Å². The van der Waals surface area contributed by atoms with Crippen LogP contribution in [0.2, 0.25) is 0 Å². The summed E-state index contributed by atoms with van der Waals surface area (Å²) < 4.78 is 5.93. The van der Waals surface area contributed by atoms with Crippen molar-refractivity contribution in [1.29, 1.82) is 0 Å². The first-order chi connectivity index (χ1) is 8.04. The van der Waals surface area contributed by atoms with Crippen molar-refractivity contribution in [2.75, 3.05) is 0 Å². The quantitative estimate of drug-likeness (QED) is 0.720. The number of hydrogen-bond donors (Lipinski definition) is 0. The number of benzene rings is 2. The van der Waals surface area contributed by atoms with E-state index in [0.29, 0.717) is 0 Å². The summed E-state index contributed by atoms with van der Waals surface area (Å²) in [6.45, 7) is 8.34. The first kappa shape index (κ1) is 11.7. The van der Waals surface area contributed by atoms with Gasteiger partial charge in [0.1, 0.15) is 11.5 Å². The van der Waals surface area contributed by atoms with Crippen molar-refractivity contribution in [3.05, 3.63) is 58.7 Å². The molecular weight excluding hydrogens is 208 g/mol. The highest BCUT2D eigenvalue weighted by Gasteiger charge is 2.02. The molecule has 0 aromatic heterocycles. The van der Waals surface area contributed by atoms with Crippen LogP contribution in [-0.2, 0) is 0 Å². The molecule has 1 heteroatoms. The molecule has 2 aromatic rings. The second-order valence-electron chi connectivity index (χ2n) is 4.69. The van der Waals surface area contributed by atoms with Gasteiger partial charge in [-0.2, -0.15) is 0 Å². The van der Waals surface area contributed by atoms with Crippen molar-refractivity contribution in [2.45, 2.75) is 27.7 Å². The van der Waals surface area contributed by atoms with E-state index in [1.165, 1.54) is 22.3 Å². The molecule has 17 heavy (non-hydrogen) atoms. The molecular formula is C16H18O. The topological polar surface area (TPSA) is 9.23 Å². The maximum Gasteiger partial charge on any atom is 0.130 e. The normalized spacial score (nSPS) is 10.4. The lowest BCUT2D eigenvalue weighted by Crippen LogP contribution is -1.89. The molecule has 0 amide bonds. The molecule has 0 spiro atoms. The van der Waals surface area contributed by atoms with Crippen molar-refractivity contribution in [3.8, 4) is 11.5 Å². The van der Waals surface area contributed by atoms with Crippen LogP contribution in [0.3, 0.4) is 0 Å². The molecule has 0 aliphatic carbocycles. The molecule has 2 aromatic carbocycles. The summed E-state index contributed by atoms with van der Waals surface area (Å²) in [5, 5.41) is 0. The van der Waals surface area contributed by atoms with Crippen molar-refractivity contribution in [1.82, 2.24) is 0 Å². The molecule has 0 aliphatic heterocycles. The van der Waals surface area contributed by atoms with Gasteiger partial charge in [0.15, 0.2) is 0 Å². The van der Waals surface area contributed by atoms with Crippen molar-refractivity contribution in [2.24, 2.45) is 0 Å². The van der Waals surface area contributed by atoms with Crippen molar-refractivity contribution >= 4 is 0 Å². The largest absolute Gasteiger partial charge is 0.457 e. The second kappa shape index (κ2) is 4.62. The summed E-state index contributed by atoms with van der Waals surface area (Å²) in [5.74, 6) is 1.84. The molecule has 1 nitrogen and oxygen atoms in total. The van der Waals surface area contributed by atoms with Gasteiger partial charge in [-0.15, -0.1) is 0 Å². The minimum absolute atomic E-state index is 0.912. The lowest BCUT2D eigenvalue weighted by molar-refractivity contribution is 0.478. The molecule has 0 radical (unpaired) electrons. The summed E-state index contributed by atoms with van der Waals surface area (Å²) in [4.78, 5) is 0. The van der Waals surface area contributed by atoms with E-state index in [4.69, 9.17) is 4.74 Å². The highest BCUT2D eigenvalue weighted by atomic mass is 16.5. The van der Waals surface area contributed by atoms with E-state index < -0.39 is 0 Å². The predicted molar refractivity (Wildman–Crippen MR) is 71.9 cm³/mol. The molecule has 0 N–H and O–H groups in total. The van der Waals surface area contributed by atoms with E-state index in [9.17, 15) is 0 Å². The van der Waals surface area contributed by atoms with Crippen LogP contribution in [0.25, 0.3) is 0 Å². The number of aryl methyl sites for hydroxylation is 4. The van der Waals surface area contributed by atoms with Gasteiger partial charge in [0.05, 0.1) is 0 Å². The van der Waals surface area contributed by atoms with E-state index in [1.54, 1.807) is 0 Å². The SMILES string of the molecule is Cc1cc(C)cc(Oc2ccc(C)cc2C)c1. The van der Waals surface area contributed by atoms with Gasteiger partial charge >= 0.3 is 0 Å². The summed E-state index contributed by atoms with van der Waals surface area (Å²) in [7, 11) is 0. The molecule has 2 rings (SSSR count). The molecule has 88 valence electrons. The third-order valence-electron chi connectivity index (χ3n) is 2.75. The number of hydrogen-bond acceptors (Lipinski definition) is 1. The zero-order valence-electron chi connectivity index (χ0n) is 10.9. The molecule has 0 fully saturated rings. The van der Waals surface area contributed by atoms with Crippen LogP contribution in [0, 0.1) is 27.7 Å². The van der Waals surface area contributed by atoms with Gasteiger partial charge < -0.3 is 4.74 Å². The van der Waals surface area contributed by atoms with Crippen LogP contribution in [0.15, 0.2) is 36.4 Å². The Labute approximate surface area is 103 Å². The smallest absolute Gasteiger partial charge is 0.130 e. The Hall–Kier alpha value is -1.76. The molecule has 0 heterocycles. The Balaban J connectivity index is 2.31. The number of rotatable bonds is 2. The lowest BCUT2D eigenvalue weighted by Gasteiger charge is -2.10. The van der Waals surface area contributed by atoms with Gasteiger partial charge in [0, 0.05) is 0 Å². The Morgan fingerprint density at radius 2 is 1.35 bits per heavy atom. The maximum atomic E-state index is 5.93. The Morgan fingerprint density at radius 1 is 0.706 bits per heavy atom. The molecule has 0 aliphatic rings. The van der Waals surface area contributed by atoms with E-state index >= 15 is 0 Å². The highest BCUT2D eigenvalue weighted by molar-refractivity contribution is 5.41. The van der Waals surface area contributed by atoms with Gasteiger partial charge in [0.25, 0.3) is 0 Å². The predicted octanol–water partition coefficient (Wildman–Crippen LogP) is 4.71. The average Bonchev–Trinajstić information content (AvgIpc) is 2.21.